The largest absolute Gasteiger partial charge is 0.509 e. The van der Waals surface area contributed by atoms with Gasteiger partial charge in [0.2, 0.25) is 0 Å². The minimum Gasteiger partial charge on any atom is -0.509 e. The lowest BCUT2D eigenvalue weighted by Crippen LogP contribution is -2.47. The molecule has 1 aliphatic carbocycles. The summed E-state index contributed by atoms with van der Waals surface area (Å²) in [4.78, 5) is 29.9. The molecule has 2 N–H and O–H groups in total. The molecule has 1 fully saturated rings. The SMILES string of the molecule is CC(=O)C1=C(O)[C@@H]2[C@@H]3c4c[nH]c5cccc(c45)C[C@H]3C(C)(C)N2C1=O. The zero-order chi connectivity index (χ0) is 17.7. The number of amides is 1. The van der Waals surface area contributed by atoms with E-state index in [1.165, 1.54) is 17.9 Å². The van der Waals surface area contributed by atoms with Gasteiger partial charge >= 0.3 is 0 Å². The van der Waals surface area contributed by atoms with Gasteiger partial charge < -0.3 is 15.0 Å². The van der Waals surface area contributed by atoms with Gasteiger partial charge in [-0.15, -0.1) is 0 Å². The maximum atomic E-state index is 12.9. The molecular formula is C20H20N2O3. The van der Waals surface area contributed by atoms with Crippen molar-refractivity contribution in [3.63, 3.8) is 0 Å². The van der Waals surface area contributed by atoms with E-state index >= 15 is 0 Å². The molecule has 25 heavy (non-hydrogen) atoms. The summed E-state index contributed by atoms with van der Waals surface area (Å²) in [5.74, 6) is -0.540. The van der Waals surface area contributed by atoms with Gasteiger partial charge in [-0.2, -0.15) is 0 Å². The molecule has 1 amide bonds. The van der Waals surface area contributed by atoms with Gasteiger partial charge in [0, 0.05) is 28.6 Å². The highest BCUT2D eigenvalue weighted by molar-refractivity contribution is 6.21. The van der Waals surface area contributed by atoms with Crippen LogP contribution in [0.1, 0.15) is 37.8 Å². The molecule has 1 saturated heterocycles. The van der Waals surface area contributed by atoms with E-state index in [9.17, 15) is 14.7 Å². The highest BCUT2D eigenvalue weighted by Crippen LogP contribution is 2.58. The maximum absolute atomic E-state index is 12.9. The Hall–Kier alpha value is -2.56. The average molecular weight is 336 g/mol. The number of Topliss-reactive ketones (excluding diaryl/α,β-unsaturated/α-hetero) is 1. The highest BCUT2D eigenvalue weighted by atomic mass is 16.3. The van der Waals surface area contributed by atoms with E-state index in [-0.39, 0.29) is 34.9 Å². The fraction of sp³-hybridized carbons (Fsp3) is 0.400. The molecule has 0 saturated carbocycles. The molecular weight excluding hydrogens is 316 g/mol. The molecule has 0 bridgehead atoms. The van der Waals surface area contributed by atoms with Gasteiger partial charge in [0.25, 0.3) is 5.91 Å². The summed E-state index contributed by atoms with van der Waals surface area (Å²) >= 11 is 0. The molecule has 1 aromatic heterocycles. The quantitative estimate of drug-likeness (QED) is 0.787. The molecule has 5 nitrogen and oxygen atoms in total. The lowest BCUT2D eigenvalue weighted by Gasteiger charge is -2.37. The number of hydrogen-bond acceptors (Lipinski definition) is 3. The van der Waals surface area contributed by atoms with Crippen LogP contribution in [0.4, 0.5) is 0 Å². The first-order valence-corrected chi connectivity index (χ1v) is 8.70. The maximum Gasteiger partial charge on any atom is 0.262 e. The molecule has 128 valence electrons. The summed E-state index contributed by atoms with van der Waals surface area (Å²) in [6, 6.07) is 5.81. The van der Waals surface area contributed by atoms with Crippen LogP contribution in [-0.2, 0) is 16.0 Å². The molecule has 5 heteroatoms. The van der Waals surface area contributed by atoms with Crippen molar-refractivity contribution in [2.45, 2.75) is 44.7 Å². The number of aliphatic hydroxyl groups excluding tert-OH is 1. The van der Waals surface area contributed by atoms with Crippen molar-refractivity contribution in [1.29, 1.82) is 0 Å². The first-order chi connectivity index (χ1) is 11.8. The van der Waals surface area contributed by atoms with Crippen LogP contribution in [0, 0.1) is 5.92 Å². The number of nitrogens with zero attached hydrogens (tertiary/aromatic N) is 1. The van der Waals surface area contributed by atoms with Crippen LogP contribution in [-0.4, -0.2) is 38.3 Å². The van der Waals surface area contributed by atoms with Crippen LogP contribution in [0.2, 0.25) is 0 Å². The van der Waals surface area contributed by atoms with E-state index in [2.05, 4.69) is 37.0 Å². The van der Waals surface area contributed by atoms with Crippen molar-refractivity contribution < 1.29 is 14.7 Å². The number of aromatic amines is 1. The van der Waals surface area contributed by atoms with Crippen molar-refractivity contribution in [2.75, 3.05) is 0 Å². The van der Waals surface area contributed by atoms with Crippen LogP contribution >= 0.6 is 0 Å². The highest BCUT2D eigenvalue weighted by Gasteiger charge is 2.63. The third-order valence-corrected chi connectivity index (χ3v) is 6.52. The van der Waals surface area contributed by atoms with E-state index in [1.807, 2.05) is 6.20 Å². The zero-order valence-corrected chi connectivity index (χ0v) is 14.5. The van der Waals surface area contributed by atoms with Gasteiger partial charge in [-0.3, -0.25) is 9.59 Å². The van der Waals surface area contributed by atoms with Gasteiger partial charge in [-0.25, -0.2) is 0 Å². The van der Waals surface area contributed by atoms with E-state index in [4.69, 9.17) is 0 Å². The Bertz CT molecular complexity index is 998. The summed E-state index contributed by atoms with van der Waals surface area (Å²) < 4.78 is 0. The number of H-pyrrole nitrogens is 1. The molecule has 2 aromatic rings. The van der Waals surface area contributed by atoms with E-state index in [1.54, 1.807) is 4.90 Å². The summed E-state index contributed by atoms with van der Waals surface area (Å²) in [5.41, 5.74) is 3.04. The number of ketones is 1. The number of nitrogens with one attached hydrogen (secondary N) is 1. The number of aromatic nitrogens is 1. The Morgan fingerprint density at radius 2 is 2.12 bits per heavy atom. The predicted octanol–water partition coefficient (Wildman–Crippen LogP) is 2.83. The third-order valence-electron chi connectivity index (χ3n) is 6.52. The topological polar surface area (TPSA) is 73.4 Å². The second-order valence-electron chi connectivity index (χ2n) is 8.01. The van der Waals surface area contributed by atoms with Crippen molar-refractivity contribution >= 4 is 22.6 Å². The first kappa shape index (κ1) is 14.8. The number of aliphatic hydroxyl groups is 1. The summed E-state index contributed by atoms with van der Waals surface area (Å²) in [6.07, 6.45) is 2.87. The number of carbonyl (C=O) groups is 2. The molecule has 2 aliphatic heterocycles. The fourth-order valence-corrected chi connectivity index (χ4v) is 5.47. The number of rotatable bonds is 1. The van der Waals surface area contributed by atoms with Gasteiger partial charge in [0.05, 0.1) is 6.04 Å². The molecule has 5 rings (SSSR count). The number of benzene rings is 1. The van der Waals surface area contributed by atoms with E-state index in [0.29, 0.717) is 0 Å². The molecule has 3 heterocycles. The summed E-state index contributed by atoms with van der Waals surface area (Å²) in [7, 11) is 0. The molecule has 0 spiro atoms. The van der Waals surface area contributed by atoms with Gasteiger partial charge in [0.1, 0.15) is 11.3 Å². The number of carbonyl (C=O) groups excluding carboxylic acids is 2. The Morgan fingerprint density at radius 3 is 2.84 bits per heavy atom. The van der Waals surface area contributed by atoms with Crippen LogP contribution in [0.5, 0.6) is 0 Å². The Labute approximate surface area is 145 Å². The Morgan fingerprint density at radius 1 is 1.36 bits per heavy atom. The predicted molar refractivity (Wildman–Crippen MR) is 93.3 cm³/mol. The monoisotopic (exact) mass is 336 g/mol. The minimum absolute atomic E-state index is 0.000509. The lowest BCUT2D eigenvalue weighted by atomic mass is 9.69. The Balaban J connectivity index is 1.78. The van der Waals surface area contributed by atoms with Crippen molar-refractivity contribution in [1.82, 2.24) is 9.88 Å². The second-order valence-corrected chi connectivity index (χ2v) is 8.01. The van der Waals surface area contributed by atoms with Gasteiger partial charge in [-0.05, 0) is 50.3 Å². The number of hydrogen-bond donors (Lipinski definition) is 2. The normalized spacial score (nSPS) is 29.3. The number of fused-ring (bicyclic) bond motifs is 4. The smallest absolute Gasteiger partial charge is 0.262 e. The lowest BCUT2D eigenvalue weighted by molar-refractivity contribution is -0.132. The second kappa shape index (κ2) is 4.34. The van der Waals surface area contributed by atoms with Gasteiger partial charge in [-0.1, -0.05) is 12.1 Å². The zero-order valence-electron chi connectivity index (χ0n) is 14.5. The van der Waals surface area contributed by atoms with Crippen LogP contribution in [0.15, 0.2) is 35.7 Å². The van der Waals surface area contributed by atoms with Crippen molar-refractivity contribution in [3.8, 4) is 0 Å². The average Bonchev–Trinajstić information content (AvgIpc) is 3.14. The minimum atomic E-state index is -0.446. The summed E-state index contributed by atoms with van der Waals surface area (Å²) in [6.45, 7) is 5.45. The van der Waals surface area contributed by atoms with E-state index in [0.717, 1.165) is 17.5 Å². The van der Waals surface area contributed by atoms with Gasteiger partial charge in [0.15, 0.2) is 5.78 Å². The molecule has 3 atom stereocenters. The van der Waals surface area contributed by atoms with Crippen LogP contribution < -0.4 is 0 Å². The van der Waals surface area contributed by atoms with E-state index < -0.39 is 11.6 Å². The third kappa shape index (κ3) is 1.54. The molecule has 0 unspecified atom stereocenters. The molecule has 3 aliphatic rings. The standard InChI is InChI=1S/C20H20N2O3/c1-9(23)14-18(24)17-16-11-8-21-13-6-4-5-10(15(11)13)7-12(16)20(2,3)22(17)19(14)25/h4-6,8,12,16-17,21,24H,7H2,1-3H3/t12-,16-,17+/m1/s1. The molecule has 0 radical (unpaired) electrons. The van der Waals surface area contributed by atoms with Crippen LogP contribution in [0.25, 0.3) is 10.9 Å². The first-order valence-electron chi connectivity index (χ1n) is 8.70. The Kier molecular flexibility index (Phi) is 2.56. The van der Waals surface area contributed by atoms with Crippen LogP contribution in [0.3, 0.4) is 0 Å². The molecule has 1 aromatic carbocycles. The summed E-state index contributed by atoms with van der Waals surface area (Å²) in [5, 5.41) is 12.0. The fourth-order valence-electron chi connectivity index (χ4n) is 5.47. The van der Waals surface area contributed by atoms with Crippen molar-refractivity contribution in [3.05, 3.63) is 46.9 Å². The van der Waals surface area contributed by atoms with Crippen molar-refractivity contribution in [2.24, 2.45) is 5.92 Å².